The van der Waals surface area contributed by atoms with Gasteiger partial charge in [0.1, 0.15) is 0 Å². The van der Waals surface area contributed by atoms with Crippen molar-refractivity contribution in [2.24, 2.45) is 0 Å². The van der Waals surface area contributed by atoms with E-state index in [9.17, 15) is 9.59 Å². The first-order chi connectivity index (χ1) is 9.54. The molecule has 0 unspecified atom stereocenters. The number of carbonyl (C=O) groups is 2. The molecule has 0 fully saturated rings. The molecule has 0 atom stereocenters. The standard InChI is InChI=1S/C13H18ClN3O3/c1-20-7-6-16-12(18)4-5-17-13(19)9-2-3-11(15)10(14)8-9/h2-3,8H,4-7,15H2,1H3,(H,16,18)(H,17,19). The summed E-state index contributed by atoms with van der Waals surface area (Å²) in [6, 6.07) is 4.63. The van der Waals surface area contributed by atoms with E-state index in [0.29, 0.717) is 29.4 Å². The predicted octanol–water partition coefficient (Wildman–Crippen LogP) is 0.805. The van der Waals surface area contributed by atoms with Gasteiger partial charge in [0.2, 0.25) is 5.91 Å². The SMILES string of the molecule is COCCNC(=O)CCNC(=O)c1ccc(N)c(Cl)c1. The minimum atomic E-state index is -0.295. The molecule has 7 heteroatoms. The minimum Gasteiger partial charge on any atom is -0.398 e. The third-order valence-electron chi connectivity index (χ3n) is 2.53. The van der Waals surface area contributed by atoms with Gasteiger partial charge in [-0.15, -0.1) is 0 Å². The molecular weight excluding hydrogens is 282 g/mol. The first kappa shape index (κ1) is 16.3. The molecule has 6 nitrogen and oxygen atoms in total. The van der Waals surface area contributed by atoms with Crippen molar-refractivity contribution in [3.05, 3.63) is 28.8 Å². The lowest BCUT2D eigenvalue weighted by Gasteiger charge is -2.07. The highest BCUT2D eigenvalue weighted by atomic mass is 35.5. The maximum absolute atomic E-state index is 11.8. The first-order valence-corrected chi connectivity index (χ1v) is 6.51. The molecule has 2 amide bonds. The largest absolute Gasteiger partial charge is 0.398 e. The van der Waals surface area contributed by atoms with E-state index < -0.39 is 0 Å². The Morgan fingerprint density at radius 2 is 2.05 bits per heavy atom. The average molecular weight is 300 g/mol. The van der Waals surface area contributed by atoms with E-state index in [1.807, 2.05) is 0 Å². The Morgan fingerprint density at radius 1 is 1.30 bits per heavy atom. The molecule has 0 bridgehead atoms. The van der Waals surface area contributed by atoms with Gasteiger partial charge in [0.25, 0.3) is 5.91 Å². The zero-order valence-electron chi connectivity index (χ0n) is 11.2. The predicted molar refractivity (Wildman–Crippen MR) is 77.7 cm³/mol. The number of amides is 2. The number of methoxy groups -OCH3 is 1. The molecule has 0 aliphatic rings. The van der Waals surface area contributed by atoms with Gasteiger partial charge in [0, 0.05) is 32.2 Å². The molecular formula is C13H18ClN3O3. The number of hydrogen-bond acceptors (Lipinski definition) is 4. The van der Waals surface area contributed by atoms with Crippen molar-refractivity contribution in [2.45, 2.75) is 6.42 Å². The molecule has 110 valence electrons. The van der Waals surface area contributed by atoms with Crippen LogP contribution in [0.15, 0.2) is 18.2 Å². The molecule has 0 radical (unpaired) electrons. The zero-order chi connectivity index (χ0) is 15.0. The van der Waals surface area contributed by atoms with Crippen LogP contribution >= 0.6 is 11.6 Å². The van der Waals surface area contributed by atoms with Crippen molar-refractivity contribution in [2.75, 3.05) is 32.5 Å². The number of nitrogens with two attached hydrogens (primary N) is 1. The lowest BCUT2D eigenvalue weighted by molar-refractivity contribution is -0.121. The molecule has 0 heterocycles. The van der Waals surface area contributed by atoms with Crippen molar-refractivity contribution in [3.8, 4) is 0 Å². The number of nitrogen functional groups attached to an aromatic ring is 1. The van der Waals surface area contributed by atoms with E-state index in [4.69, 9.17) is 22.1 Å². The van der Waals surface area contributed by atoms with E-state index in [-0.39, 0.29) is 24.8 Å². The number of halogens is 1. The van der Waals surface area contributed by atoms with E-state index in [2.05, 4.69) is 10.6 Å². The van der Waals surface area contributed by atoms with Crippen LogP contribution < -0.4 is 16.4 Å². The van der Waals surface area contributed by atoms with Gasteiger partial charge in [-0.25, -0.2) is 0 Å². The van der Waals surface area contributed by atoms with Crippen LogP contribution in [0.25, 0.3) is 0 Å². The van der Waals surface area contributed by atoms with Crippen molar-refractivity contribution < 1.29 is 14.3 Å². The smallest absolute Gasteiger partial charge is 0.251 e. The highest BCUT2D eigenvalue weighted by Gasteiger charge is 2.08. The topological polar surface area (TPSA) is 93.5 Å². The Hall–Kier alpha value is -1.79. The van der Waals surface area contributed by atoms with Crippen molar-refractivity contribution in [1.29, 1.82) is 0 Å². The summed E-state index contributed by atoms with van der Waals surface area (Å²) in [5.41, 5.74) is 6.38. The minimum absolute atomic E-state index is 0.141. The molecule has 1 aromatic rings. The van der Waals surface area contributed by atoms with Gasteiger partial charge in [-0.05, 0) is 18.2 Å². The first-order valence-electron chi connectivity index (χ1n) is 6.13. The van der Waals surface area contributed by atoms with Crippen molar-refractivity contribution >= 4 is 29.1 Å². The second-order valence-electron chi connectivity index (χ2n) is 4.08. The van der Waals surface area contributed by atoms with Crippen LogP contribution in [-0.4, -0.2) is 38.6 Å². The van der Waals surface area contributed by atoms with Gasteiger partial charge < -0.3 is 21.1 Å². The summed E-state index contributed by atoms with van der Waals surface area (Å²) < 4.78 is 4.81. The fraction of sp³-hybridized carbons (Fsp3) is 0.385. The molecule has 4 N–H and O–H groups in total. The lowest BCUT2D eigenvalue weighted by Crippen LogP contribution is -2.32. The van der Waals surface area contributed by atoms with E-state index in [1.165, 1.54) is 6.07 Å². The van der Waals surface area contributed by atoms with E-state index in [0.717, 1.165) is 0 Å². The third-order valence-corrected chi connectivity index (χ3v) is 2.86. The van der Waals surface area contributed by atoms with Crippen LogP contribution in [0.5, 0.6) is 0 Å². The molecule has 1 aromatic carbocycles. The van der Waals surface area contributed by atoms with Gasteiger partial charge in [0.15, 0.2) is 0 Å². The Balaban J connectivity index is 2.32. The molecule has 20 heavy (non-hydrogen) atoms. The summed E-state index contributed by atoms with van der Waals surface area (Å²) in [6.45, 7) is 1.17. The molecule has 0 spiro atoms. The zero-order valence-corrected chi connectivity index (χ0v) is 12.0. The quantitative estimate of drug-likeness (QED) is 0.513. The number of benzene rings is 1. The van der Waals surface area contributed by atoms with Gasteiger partial charge in [-0.2, -0.15) is 0 Å². The van der Waals surface area contributed by atoms with Crippen LogP contribution in [0.1, 0.15) is 16.8 Å². The maximum atomic E-state index is 11.8. The summed E-state index contributed by atoms with van der Waals surface area (Å²) in [5.74, 6) is -0.436. The number of nitrogens with one attached hydrogen (secondary N) is 2. The van der Waals surface area contributed by atoms with Gasteiger partial charge in [0.05, 0.1) is 17.3 Å². The molecule has 0 saturated carbocycles. The van der Waals surface area contributed by atoms with Gasteiger partial charge in [-0.3, -0.25) is 9.59 Å². The number of anilines is 1. The van der Waals surface area contributed by atoms with E-state index in [1.54, 1.807) is 19.2 Å². The molecule has 0 aliphatic carbocycles. The monoisotopic (exact) mass is 299 g/mol. The summed E-state index contributed by atoms with van der Waals surface area (Å²) in [6.07, 6.45) is 0.207. The Morgan fingerprint density at radius 3 is 2.70 bits per heavy atom. The van der Waals surface area contributed by atoms with Gasteiger partial charge in [-0.1, -0.05) is 11.6 Å². The van der Waals surface area contributed by atoms with Crippen molar-refractivity contribution in [1.82, 2.24) is 10.6 Å². The Labute approximate surface area is 122 Å². The average Bonchev–Trinajstić information content (AvgIpc) is 2.42. The summed E-state index contributed by atoms with van der Waals surface area (Å²) in [5, 5.41) is 5.63. The highest BCUT2D eigenvalue weighted by Crippen LogP contribution is 2.19. The summed E-state index contributed by atoms with van der Waals surface area (Å²) >= 11 is 5.83. The molecule has 0 aliphatic heterocycles. The fourth-order valence-electron chi connectivity index (χ4n) is 1.44. The van der Waals surface area contributed by atoms with Crippen LogP contribution in [-0.2, 0) is 9.53 Å². The third kappa shape index (κ3) is 5.46. The van der Waals surface area contributed by atoms with Crippen LogP contribution in [0, 0.1) is 0 Å². The molecule has 0 aromatic heterocycles. The molecule has 1 rings (SSSR count). The van der Waals surface area contributed by atoms with E-state index >= 15 is 0 Å². The highest BCUT2D eigenvalue weighted by molar-refractivity contribution is 6.33. The summed E-state index contributed by atoms with van der Waals surface area (Å²) in [7, 11) is 1.56. The second-order valence-corrected chi connectivity index (χ2v) is 4.49. The maximum Gasteiger partial charge on any atom is 0.251 e. The Bertz CT molecular complexity index is 480. The normalized spacial score (nSPS) is 10.1. The van der Waals surface area contributed by atoms with Crippen LogP contribution in [0.4, 0.5) is 5.69 Å². The van der Waals surface area contributed by atoms with Crippen LogP contribution in [0.3, 0.4) is 0 Å². The number of ether oxygens (including phenoxy) is 1. The van der Waals surface area contributed by atoms with Gasteiger partial charge >= 0.3 is 0 Å². The fourth-order valence-corrected chi connectivity index (χ4v) is 1.62. The van der Waals surface area contributed by atoms with Crippen molar-refractivity contribution in [3.63, 3.8) is 0 Å². The Kier molecular flexibility index (Phi) is 6.83. The number of rotatable bonds is 7. The number of carbonyl (C=O) groups excluding carboxylic acids is 2. The van der Waals surface area contributed by atoms with Crippen LogP contribution in [0.2, 0.25) is 5.02 Å². The second kappa shape index (κ2) is 8.39. The number of hydrogen-bond donors (Lipinski definition) is 3. The summed E-state index contributed by atoms with van der Waals surface area (Å²) in [4.78, 5) is 23.2. The molecule has 0 saturated heterocycles. The lowest BCUT2D eigenvalue weighted by atomic mass is 10.2.